The van der Waals surface area contributed by atoms with Crippen LogP contribution < -0.4 is 0 Å². The molecule has 0 N–H and O–H groups in total. The Morgan fingerprint density at radius 3 is 2.94 bits per heavy atom. The molecule has 17 heavy (non-hydrogen) atoms. The van der Waals surface area contributed by atoms with Crippen molar-refractivity contribution in [3.05, 3.63) is 60.2 Å². The van der Waals surface area contributed by atoms with Crippen LogP contribution in [0, 0.1) is 0 Å². The van der Waals surface area contributed by atoms with Crippen molar-refractivity contribution in [2.45, 2.75) is 6.42 Å². The van der Waals surface area contributed by atoms with Crippen LogP contribution in [-0.2, 0) is 0 Å². The molecule has 1 nitrogen and oxygen atoms in total. The molecular weight excluding hydrogens is 206 g/mol. The first-order valence-electron chi connectivity index (χ1n) is 5.90. The van der Waals surface area contributed by atoms with E-state index < -0.39 is 0 Å². The summed E-state index contributed by atoms with van der Waals surface area (Å²) >= 11 is 0. The molecule has 1 aliphatic heterocycles. The number of fused-ring (bicyclic) bond motifs is 5. The Labute approximate surface area is 99.8 Å². The molecule has 0 bridgehead atoms. The van der Waals surface area contributed by atoms with Gasteiger partial charge in [-0.25, -0.2) is 0 Å². The van der Waals surface area contributed by atoms with Gasteiger partial charge in [-0.15, -0.1) is 0 Å². The first-order valence-corrected chi connectivity index (χ1v) is 5.90. The van der Waals surface area contributed by atoms with Gasteiger partial charge in [-0.2, -0.15) is 0 Å². The third-order valence-electron chi connectivity index (χ3n) is 3.45. The van der Waals surface area contributed by atoms with Crippen molar-refractivity contribution in [3.63, 3.8) is 0 Å². The van der Waals surface area contributed by atoms with Crippen molar-refractivity contribution in [3.8, 4) is 0 Å². The lowest BCUT2D eigenvalue weighted by Gasteiger charge is -2.08. The number of aliphatic imine (C=N–C) groups is 1. The Morgan fingerprint density at radius 1 is 1.00 bits per heavy atom. The van der Waals surface area contributed by atoms with Crippen molar-refractivity contribution < 1.29 is 0 Å². The van der Waals surface area contributed by atoms with E-state index in [1.165, 1.54) is 27.6 Å². The first kappa shape index (κ1) is 8.94. The maximum Gasteiger partial charge on any atom is 0.0718 e. The molecule has 1 aliphatic carbocycles. The molecule has 0 aromatic heterocycles. The number of allylic oxidation sites excluding steroid dienone is 4. The zero-order chi connectivity index (χ0) is 11.2. The molecule has 0 spiro atoms. The smallest absolute Gasteiger partial charge is 0.0718 e. The Hall–Kier alpha value is -2.15. The van der Waals surface area contributed by atoms with Gasteiger partial charge >= 0.3 is 0 Å². The van der Waals surface area contributed by atoms with Crippen LogP contribution in [0.2, 0.25) is 0 Å². The molecule has 0 radical (unpaired) electrons. The molecule has 0 saturated heterocycles. The van der Waals surface area contributed by atoms with Crippen LogP contribution in [0.4, 0.5) is 5.69 Å². The van der Waals surface area contributed by atoms with Gasteiger partial charge in [0.25, 0.3) is 0 Å². The van der Waals surface area contributed by atoms with E-state index in [-0.39, 0.29) is 0 Å². The minimum atomic E-state index is 0.953. The van der Waals surface area contributed by atoms with Gasteiger partial charge in [0.2, 0.25) is 0 Å². The normalized spacial score (nSPS) is 16.5. The molecule has 80 valence electrons. The third-order valence-corrected chi connectivity index (χ3v) is 3.45. The Balaban J connectivity index is 2.12. The molecule has 0 atom stereocenters. The van der Waals surface area contributed by atoms with Gasteiger partial charge < -0.3 is 0 Å². The van der Waals surface area contributed by atoms with Crippen molar-refractivity contribution in [2.75, 3.05) is 0 Å². The van der Waals surface area contributed by atoms with Gasteiger partial charge in [0, 0.05) is 17.6 Å². The van der Waals surface area contributed by atoms with E-state index in [4.69, 9.17) is 4.99 Å². The van der Waals surface area contributed by atoms with Gasteiger partial charge in [0.05, 0.1) is 11.4 Å². The minimum absolute atomic E-state index is 0.953. The molecular formula is C16H11N. The van der Waals surface area contributed by atoms with E-state index in [1.54, 1.807) is 0 Å². The second-order valence-electron chi connectivity index (χ2n) is 4.45. The lowest BCUT2D eigenvalue weighted by Crippen LogP contribution is -1.98. The van der Waals surface area contributed by atoms with E-state index in [0.717, 1.165) is 12.1 Å². The quantitative estimate of drug-likeness (QED) is 0.625. The van der Waals surface area contributed by atoms with E-state index >= 15 is 0 Å². The predicted octanol–water partition coefficient (Wildman–Crippen LogP) is 4.27. The van der Waals surface area contributed by atoms with Crippen LogP contribution in [0.15, 0.2) is 59.6 Å². The number of benzene rings is 2. The standard InChI is InChI=1S/C16H11N/c1-2-6-12-11(5-1)9-10-15-16(12)13-7-3-4-8-14(13)17-15/h1-7,9-10H,8H2. The zero-order valence-corrected chi connectivity index (χ0v) is 9.35. The fourth-order valence-electron chi connectivity index (χ4n) is 2.67. The Kier molecular flexibility index (Phi) is 1.67. The lowest BCUT2D eigenvalue weighted by molar-refractivity contribution is 1.45. The molecule has 2 aromatic carbocycles. The molecule has 1 heterocycles. The van der Waals surface area contributed by atoms with Crippen LogP contribution in [0.25, 0.3) is 16.3 Å². The molecule has 4 rings (SSSR count). The Bertz CT molecular complexity index is 717. The third kappa shape index (κ3) is 1.17. The summed E-state index contributed by atoms with van der Waals surface area (Å²) < 4.78 is 0. The number of hydrogen-bond acceptors (Lipinski definition) is 1. The van der Waals surface area contributed by atoms with E-state index in [2.05, 4.69) is 54.6 Å². The van der Waals surface area contributed by atoms with Gasteiger partial charge in [-0.1, -0.05) is 48.6 Å². The van der Waals surface area contributed by atoms with E-state index in [0.29, 0.717) is 0 Å². The second kappa shape index (κ2) is 3.17. The van der Waals surface area contributed by atoms with Gasteiger partial charge in [-0.3, -0.25) is 4.99 Å². The predicted molar refractivity (Wildman–Crippen MR) is 72.8 cm³/mol. The van der Waals surface area contributed by atoms with Crippen molar-refractivity contribution >= 4 is 27.7 Å². The minimum Gasteiger partial charge on any atom is -0.252 e. The summed E-state index contributed by atoms with van der Waals surface area (Å²) in [6.07, 6.45) is 7.43. The Morgan fingerprint density at radius 2 is 1.94 bits per heavy atom. The highest BCUT2D eigenvalue weighted by molar-refractivity contribution is 6.33. The second-order valence-corrected chi connectivity index (χ2v) is 4.45. The van der Waals surface area contributed by atoms with Gasteiger partial charge in [0.15, 0.2) is 0 Å². The number of rotatable bonds is 0. The van der Waals surface area contributed by atoms with Crippen molar-refractivity contribution in [2.24, 2.45) is 4.99 Å². The molecule has 0 fully saturated rings. The zero-order valence-electron chi connectivity index (χ0n) is 9.35. The monoisotopic (exact) mass is 217 g/mol. The fourth-order valence-corrected chi connectivity index (χ4v) is 2.67. The summed E-state index contributed by atoms with van der Waals surface area (Å²) in [4.78, 5) is 4.72. The average Bonchev–Trinajstić information content (AvgIpc) is 2.77. The van der Waals surface area contributed by atoms with E-state index in [1.807, 2.05) is 0 Å². The topological polar surface area (TPSA) is 12.4 Å². The first-order chi connectivity index (χ1) is 8.43. The van der Waals surface area contributed by atoms with Crippen molar-refractivity contribution in [1.29, 1.82) is 0 Å². The SMILES string of the molecule is C1=CCC2=Nc3ccc4ccccc4c3C2=C1. The fraction of sp³-hybridized carbons (Fsp3) is 0.0625. The molecule has 0 amide bonds. The summed E-state index contributed by atoms with van der Waals surface area (Å²) in [6.45, 7) is 0. The highest BCUT2D eigenvalue weighted by Crippen LogP contribution is 2.41. The van der Waals surface area contributed by atoms with Crippen molar-refractivity contribution in [1.82, 2.24) is 0 Å². The summed E-state index contributed by atoms with van der Waals surface area (Å²) in [5, 5.41) is 2.60. The highest BCUT2D eigenvalue weighted by Gasteiger charge is 2.22. The summed E-state index contributed by atoms with van der Waals surface area (Å²) in [5.41, 5.74) is 4.94. The van der Waals surface area contributed by atoms with Crippen LogP contribution in [-0.4, -0.2) is 5.71 Å². The summed E-state index contributed by atoms with van der Waals surface area (Å²) in [5.74, 6) is 0. The van der Waals surface area contributed by atoms with Crippen LogP contribution in [0.5, 0.6) is 0 Å². The molecule has 0 saturated carbocycles. The van der Waals surface area contributed by atoms with Crippen LogP contribution in [0.3, 0.4) is 0 Å². The summed E-state index contributed by atoms with van der Waals surface area (Å²) in [6, 6.07) is 12.8. The number of hydrogen-bond donors (Lipinski definition) is 0. The van der Waals surface area contributed by atoms with Gasteiger partial charge in [-0.05, 0) is 16.8 Å². The van der Waals surface area contributed by atoms with Crippen LogP contribution >= 0.6 is 0 Å². The maximum atomic E-state index is 4.72. The summed E-state index contributed by atoms with van der Waals surface area (Å²) in [7, 11) is 0. The number of nitrogens with zero attached hydrogens (tertiary/aromatic N) is 1. The van der Waals surface area contributed by atoms with E-state index in [9.17, 15) is 0 Å². The lowest BCUT2D eigenvalue weighted by atomic mass is 9.93. The maximum absolute atomic E-state index is 4.72. The molecule has 2 aromatic rings. The molecule has 1 heteroatoms. The molecule has 0 unspecified atom stereocenters. The van der Waals surface area contributed by atoms with Crippen LogP contribution in [0.1, 0.15) is 12.0 Å². The average molecular weight is 217 g/mol. The molecule has 2 aliphatic rings. The van der Waals surface area contributed by atoms with Gasteiger partial charge in [0.1, 0.15) is 0 Å². The largest absolute Gasteiger partial charge is 0.252 e. The highest BCUT2D eigenvalue weighted by atomic mass is 14.8.